The van der Waals surface area contributed by atoms with Crippen LogP contribution in [0.2, 0.25) is 0 Å². The minimum Gasteiger partial charge on any atom is -0.330 e. The summed E-state index contributed by atoms with van der Waals surface area (Å²) < 4.78 is 26.9. The van der Waals surface area contributed by atoms with E-state index in [2.05, 4.69) is 0 Å². The molecule has 1 saturated heterocycles. The van der Waals surface area contributed by atoms with E-state index in [1.807, 2.05) is 0 Å². The fourth-order valence-electron chi connectivity index (χ4n) is 3.22. The lowest BCUT2D eigenvalue weighted by molar-refractivity contribution is -0.116. The fourth-order valence-corrected chi connectivity index (χ4v) is 4.80. The third-order valence-corrected chi connectivity index (χ3v) is 6.41. The Kier molecular flexibility index (Phi) is 5.35. The standard InChI is InChI=1S/C15H21N3O3S.ClH/c1-11(19)18-7-5-13-8-14(2-3-15(13)18)22(20,21)17-6-4-12(9-16)10-17;/h2-3,8,12H,4-7,9-10,16H2,1H3;1H. The van der Waals surface area contributed by atoms with Gasteiger partial charge in [-0.05, 0) is 49.1 Å². The zero-order chi connectivity index (χ0) is 15.9. The maximum atomic E-state index is 12.7. The maximum Gasteiger partial charge on any atom is 0.243 e. The number of benzene rings is 1. The molecular weight excluding hydrogens is 338 g/mol. The molecule has 1 aromatic carbocycles. The highest BCUT2D eigenvalue weighted by molar-refractivity contribution is 7.89. The Bertz CT molecular complexity index is 708. The Labute approximate surface area is 143 Å². The van der Waals surface area contributed by atoms with E-state index < -0.39 is 10.0 Å². The van der Waals surface area contributed by atoms with E-state index in [1.54, 1.807) is 23.1 Å². The van der Waals surface area contributed by atoms with Crippen molar-refractivity contribution in [1.82, 2.24) is 4.31 Å². The number of amides is 1. The van der Waals surface area contributed by atoms with Gasteiger partial charge in [-0.2, -0.15) is 4.31 Å². The van der Waals surface area contributed by atoms with Gasteiger partial charge >= 0.3 is 0 Å². The van der Waals surface area contributed by atoms with E-state index in [9.17, 15) is 13.2 Å². The first-order valence-electron chi connectivity index (χ1n) is 7.54. The summed E-state index contributed by atoms with van der Waals surface area (Å²) in [7, 11) is -3.47. The van der Waals surface area contributed by atoms with E-state index in [4.69, 9.17) is 5.73 Å². The predicted molar refractivity (Wildman–Crippen MR) is 91.3 cm³/mol. The average molecular weight is 360 g/mol. The van der Waals surface area contributed by atoms with E-state index >= 15 is 0 Å². The van der Waals surface area contributed by atoms with Crippen LogP contribution in [0, 0.1) is 5.92 Å². The number of hydrogen-bond acceptors (Lipinski definition) is 4. The second-order valence-corrected chi connectivity index (χ2v) is 7.90. The van der Waals surface area contributed by atoms with Crippen LogP contribution in [-0.4, -0.2) is 44.8 Å². The number of carbonyl (C=O) groups is 1. The highest BCUT2D eigenvalue weighted by Gasteiger charge is 2.33. The molecule has 0 spiro atoms. The number of sulfonamides is 1. The summed E-state index contributed by atoms with van der Waals surface area (Å²) in [5, 5.41) is 0. The molecule has 1 amide bonds. The maximum absolute atomic E-state index is 12.7. The lowest BCUT2D eigenvalue weighted by Gasteiger charge is -2.18. The molecule has 2 aliphatic heterocycles. The van der Waals surface area contributed by atoms with Crippen molar-refractivity contribution in [1.29, 1.82) is 0 Å². The summed E-state index contributed by atoms with van der Waals surface area (Å²) in [5.41, 5.74) is 7.39. The van der Waals surface area contributed by atoms with Gasteiger partial charge in [-0.15, -0.1) is 12.4 Å². The summed E-state index contributed by atoms with van der Waals surface area (Å²) >= 11 is 0. The zero-order valence-electron chi connectivity index (χ0n) is 13.1. The van der Waals surface area contributed by atoms with Crippen LogP contribution < -0.4 is 10.6 Å². The molecule has 2 aliphatic rings. The Morgan fingerprint density at radius 3 is 2.70 bits per heavy atom. The van der Waals surface area contributed by atoms with Gasteiger partial charge < -0.3 is 10.6 Å². The molecule has 3 rings (SSSR count). The first-order valence-corrected chi connectivity index (χ1v) is 8.98. The summed E-state index contributed by atoms with van der Waals surface area (Å²) in [6, 6.07) is 5.06. The number of anilines is 1. The first kappa shape index (κ1) is 18.2. The van der Waals surface area contributed by atoms with Gasteiger partial charge in [-0.25, -0.2) is 8.42 Å². The number of carbonyl (C=O) groups excluding carboxylic acids is 1. The molecule has 128 valence electrons. The van der Waals surface area contributed by atoms with E-state index in [0.717, 1.165) is 17.7 Å². The van der Waals surface area contributed by atoms with Crippen molar-refractivity contribution in [3.05, 3.63) is 23.8 Å². The minimum absolute atomic E-state index is 0. The number of nitrogens with zero attached hydrogens (tertiary/aromatic N) is 2. The van der Waals surface area contributed by atoms with Crippen molar-refractivity contribution in [3.8, 4) is 0 Å². The summed E-state index contributed by atoms with van der Waals surface area (Å²) in [6.07, 6.45) is 1.52. The molecule has 23 heavy (non-hydrogen) atoms. The van der Waals surface area contributed by atoms with E-state index in [0.29, 0.717) is 37.5 Å². The molecule has 0 aromatic heterocycles. The number of fused-ring (bicyclic) bond motifs is 1. The van der Waals surface area contributed by atoms with Gasteiger partial charge in [0, 0.05) is 32.2 Å². The Hall–Kier alpha value is -1.15. The van der Waals surface area contributed by atoms with Crippen molar-refractivity contribution in [3.63, 3.8) is 0 Å². The lowest BCUT2D eigenvalue weighted by atomic mass is 10.1. The van der Waals surface area contributed by atoms with Gasteiger partial charge in [0.05, 0.1) is 4.90 Å². The zero-order valence-corrected chi connectivity index (χ0v) is 14.7. The van der Waals surface area contributed by atoms with Gasteiger partial charge in [-0.1, -0.05) is 0 Å². The van der Waals surface area contributed by atoms with Gasteiger partial charge in [0.25, 0.3) is 0 Å². The Balaban J connectivity index is 0.00000192. The molecule has 0 bridgehead atoms. The van der Waals surface area contributed by atoms with Crippen LogP contribution in [0.4, 0.5) is 5.69 Å². The van der Waals surface area contributed by atoms with Crippen molar-refractivity contribution >= 4 is 34.0 Å². The van der Waals surface area contributed by atoms with Crippen molar-refractivity contribution < 1.29 is 13.2 Å². The summed E-state index contributed by atoms with van der Waals surface area (Å²) in [5.74, 6) is 0.233. The second-order valence-electron chi connectivity index (χ2n) is 5.96. The Morgan fingerprint density at radius 2 is 2.09 bits per heavy atom. The Morgan fingerprint density at radius 1 is 1.35 bits per heavy atom. The minimum atomic E-state index is -3.47. The van der Waals surface area contributed by atoms with Crippen LogP contribution in [0.3, 0.4) is 0 Å². The highest BCUT2D eigenvalue weighted by atomic mass is 35.5. The molecule has 1 unspecified atom stereocenters. The normalized spacial score (nSPS) is 21.1. The SMILES string of the molecule is CC(=O)N1CCc2cc(S(=O)(=O)N3CCC(CN)C3)ccc21.Cl. The van der Waals surface area contributed by atoms with Crippen LogP contribution >= 0.6 is 12.4 Å². The van der Waals surface area contributed by atoms with E-state index in [1.165, 1.54) is 11.2 Å². The number of rotatable bonds is 3. The molecule has 0 saturated carbocycles. The van der Waals surface area contributed by atoms with Crippen molar-refractivity contribution in [2.24, 2.45) is 11.7 Å². The van der Waals surface area contributed by atoms with Crippen LogP contribution in [-0.2, 0) is 21.2 Å². The van der Waals surface area contributed by atoms with Gasteiger partial charge in [0.15, 0.2) is 0 Å². The average Bonchev–Trinajstić information content (AvgIpc) is 3.13. The molecule has 2 heterocycles. The molecule has 6 nitrogen and oxygen atoms in total. The summed E-state index contributed by atoms with van der Waals surface area (Å²) in [6.45, 7) is 3.68. The van der Waals surface area contributed by atoms with Crippen molar-refractivity contribution in [2.75, 3.05) is 31.1 Å². The highest BCUT2D eigenvalue weighted by Crippen LogP contribution is 2.32. The fraction of sp³-hybridized carbons (Fsp3) is 0.533. The first-order chi connectivity index (χ1) is 10.4. The third kappa shape index (κ3) is 3.24. The van der Waals surface area contributed by atoms with Gasteiger partial charge in [0.1, 0.15) is 0 Å². The van der Waals surface area contributed by atoms with Crippen LogP contribution in [0.15, 0.2) is 23.1 Å². The van der Waals surface area contributed by atoms with Crippen LogP contribution in [0.5, 0.6) is 0 Å². The number of nitrogens with two attached hydrogens (primary N) is 1. The van der Waals surface area contributed by atoms with Gasteiger partial charge in [-0.3, -0.25) is 4.79 Å². The molecule has 8 heteroatoms. The molecule has 1 fully saturated rings. The quantitative estimate of drug-likeness (QED) is 0.872. The van der Waals surface area contributed by atoms with Crippen molar-refractivity contribution in [2.45, 2.75) is 24.7 Å². The number of hydrogen-bond donors (Lipinski definition) is 1. The summed E-state index contributed by atoms with van der Waals surface area (Å²) in [4.78, 5) is 13.6. The monoisotopic (exact) mass is 359 g/mol. The van der Waals surface area contributed by atoms with E-state index in [-0.39, 0.29) is 24.2 Å². The third-order valence-electron chi connectivity index (χ3n) is 4.55. The molecule has 1 atom stereocenters. The lowest BCUT2D eigenvalue weighted by Crippen LogP contribution is -2.30. The van der Waals surface area contributed by atoms with Gasteiger partial charge in [0.2, 0.25) is 15.9 Å². The second kappa shape index (κ2) is 6.76. The van der Waals surface area contributed by atoms with Crippen LogP contribution in [0.25, 0.3) is 0 Å². The molecule has 0 radical (unpaired) electrons. The molecular formula is C15H22ClN3O3S. The topological polar surface area (TPSA) is 83.7 Å². The smallest absolute Gasteiger partial charge is 0.243 e. The van der Waals surface area contributed by atoms with Crippen LogP contribution in [0.1, 0.15) is 18.9 Å². The predicted octanol–water partition coefficient (Wildman–Crippen LogP) is 0.987. The molecule has 2 N–H and O–H groups in total. The largest absolute Gasteiger partial charge is 0.330 e. The molecule has 1 aromatic rings. The number of halogens is 1. The molecule has 0 aliphatic carbocycles.